The number of aryl methyl sites for hydroxylation is 2. The van der Waals surface area contributed by atoms with Crippen LogP contribution in [0, 0.1) is 6.92 Å². The number of hydrogen-bond acceptors (Lipinski definition) is 2. The number of nitrogens with one attached hydrogen (secondary N) is 1. The van der Waals surface area contributed by atoms with Gasteiger partial charge in [-0.3, -0.25) is 5.10 Å². The second kappa shape index (κ2) is 4.94. The molecule has 1 aromatic heterocycles. The first kappa shape index (κ1) is 10.9. The van der Waals surface area contributed by atoms with Crippen molar-refractivity contribution in [3.63, 3.8) is 0 Å². The average Bonchev–Trinajstić information content (AvgIpc) is 2.73. The predicted molar refractivity (Wildman–Crippen MR) is 64.2 cm³/mol. The normalized spacial score (nSPS) is 10.6. The lowest BCUT2D eigenvalue weighted by molar-refractivity contribution is 0.288. The van der Waals surface area contributed by atoms with Crippen LogP contribution in [-0.2, 0) is 6.42 Å². The van der Waals surface area contributed by atoms with Crippen LogP contribution in [0.1, 0.15) is 17.5 Å². The molecule has 1 aromatic carbocycles. The fourth-order valence-electron chi connectivity index (χ4n) is 1.80. The number of nitrogens with zero attached hydrogens (tertiary/aromatic N) is 1. The summed E-state index contributed by atoms with van der Waals surface area (Å²) in [5.74, 6) is 0. The van der Waals surface area contributed by atoms with Gasteiger partial charge in [0.15, 0.2) is 0 Å². The van der Waals surface area contributed by atoms with Crippen molar-refractivity contribution in [2.24, 2.45) is 0 Å². The second-order valence-corrected chi connectivity index (χ2v) is 3.96. The van der Waals surface area contributed by atoms with Crippen molar-refractivity contribution in [3.8, 4) is 11.3 Å². The molecule has 0 saturated heterocycles. The van der Waals surface area contributed by atoms with E-state index < -0.39 is 0 Å². The van der Waals surface area contributed by atoms with Gasteiger partial charge in [0.05, 0.1) is 11.9 Å². The summed E-state index contributed by atoms with van der Waals surface area (Å²) in [5.41, 5.74) is 4.64. The van der Waals surface area contributed by atoms with E-state index in [0.717, 1.165) is 29.7 Å². The van der Waals surface area contributed by atoms with Gasteiger partial charge < -0.3 is 5.11 Å². The lowest BCUT2D eigenvalue weighted by atomic mass is 10.0. The van der Waals surface area contributed by atoms with Crippen LogP contribution in [0.4, 0.5) is 0 Å². The molecule has 0 amide bonds. The van der Waals surface area contributed by atoms with Crippen LogP contribution >= 0.6 is 0 Å². The molecular formula is C13H16N2O. The Labute approximate surface area is 95.1 Å². The van der Waals surface area contributed by atoms with Gasteiger partial charge in [-0.05, 0) is 37.0 Å². The largest absolute Gasteiger partial charge is 0.396 e. The number of aliphatic hydroxyl groups is 1. The minimum atomic E-state index is 0.243. The Balaban J connectivity index is 2.26. The van der Waals surface area contributed by atoms with E-state index in [-0.39, 0.29) is 6.61 Å². The van der Waals surface area contributed by atoms with Gasteiger partial charge in [0, 0.05) is 12.2 Å². The third kappa shape index (κ3) is 2.31. The number of benzene rings is 1. The fraction of sp³-hybridized carbons (Fsp3) is 0.308. The smallest absolute Gasteiger partial charge is 0.0679 e. The zero-order chi connectivity index (χ0) is 11.4. The van der Waals surface area contributed by atoms with Crippen LogP contribution in [-0.4, -0.2) is 21.9 Å². The van der Waals surface area contributed by atoms with Crippen molar-refractivity contribution in [3.05, 3.63) is 41.6 Å². The van der Waals surface area contributed by atoms with Gasteiger partial charge in [-0.25, -0.2) is 0 Å². The Bertz CT molecular complexity index is 462. The van der Waals surface area contributed by atoms with Crippen LogP contribution in [0.25, 0.3) is 11.3 Å². The third-order valence-corrected chi connectivity index (χ3v) is 2.67. The number of aliphatic hydroxyl groups excluding tert-OH is 1. The summed E-state index contributed by atoms with van der Waals surface area (Å²) >= 11 is 0. The first-order chi connectivity index (χ1) is 7.81. The fourth-order valence-corrected chi connectivity index (χ4v) is 1.80. The Morgan fingerprint density at radius 3 is 2.94 bits per heavy atom. The van der Waals surface area contributed by atoms with Crippen LogP contribution in [0.5, 0.6) is 0 Å². The zero-order valence-corrected chi connectivity index (χ0v) is 9.40. The van der Waals surface area contributed by atoms with Crippen molar-refractivity contribution in [2.75, 3.05) is 6.61 Å². The maximum absolute atomic E-state index is 8.81. The predicted octanol–water partition coefficient (Wildman–Crippen LogP) is 2.31. The monoisotopic (exact) mass is 216 g/mol. The molecule has 2 rings (SSSR count). The molecule has 0 aliphatic carbocycles. The molecule has 2 aromatic rings. The lowest BCUT2D eigenvalue weighted by Crippen LogP contribution is -1.90. The van der Waals surface area contributed by atoms with E-state index >= 15 is 0 Å². The second-order valence-electron chi connectivity index (χ2n) is 3.96. The van der Waals surface area contributed by atoms with Gasteiger partial charge >= 0.3 is 0 Å². The lowest BCUT2D eigenvalue weighted by Gasteiger charge is -2.04. The first-order valence-electron chi connectivity index (χ1n) is 5.51. The number of H-pyrrole nitrogens is 1. The Kier molecular flexibility index (Phi) is 3.37. The molecule has 0 radical (unpaired) electrons. The summed E-state index contributed by atoms with van der Waals surface area (Å²) < 4.78 is 0. The number of aromatic nitrogens is 2. The van der Waals surface area contributed by atoms with Crippen molar-refractivity contribution < 1.29 is 5.11 Å². The number of aromatic amines is 1. The summed E-state index contributed by atoms with van der Waals surface area (Å²) in [6.45, 7) is 2.28. The molecular weight excluding hydrogens is 200 g/mol. The molecule has 0 aliphatic heterocycles. The maximum Gasteiger partial charge on any atom is 0.0679 e. The zero-order valence-electron chi connectivity index (χ0n) is 9.40. The first-order valence-corrected chi connectivity index (χ1v) is 5.51. The third-order valence-electron chi connectivity index (χ3n) is 2.67. The molecule has 0 unspecified atom stereocenters. The van der Waals surface area contributed by atoms with Crippen molar-refractivity contribution in [1.82, 2.24) is 10.2 Å². The van der Waals surface area contributed by atoms with Crippen LogP contribution in [0.15, 0.2) is 30.5 Å². The van der Waals surface area contributed by atoms with E-state index in [0.29, 0.717) is 0 Å². The van der Waals surface area contributed by atoms with E-state index in [1.165, 1.54) is 5.56 Å². The Hall–Kier alpha value is -1.61. The molecule has 0 bridgehead atoms. The molecule has 16 heavy (non-hydrogen) atoms. The summed E-state index contributed by atoms with van der Waals surface area (Å²) in [7, 11) is 0. The Morgan fingerprint density at radius 1 is 1.38 bits per heavy atom. The highest BCUT2D eigenvalue weighted by molar-refractivity contribution is 5.62. The van der Waals surface area contributed by atoms with E-state index in [2.05, 4.69) is 28.4 Å². The molecule has 84 valence electrons. The number of hydrogen-bond donors (Lipinski definition) is 2. The van der Waals surface area contributed by atoms with Gasteiger partial charge in [-0.1, -0.05) is 18.2 Å². The van der Waals surface area contributed by atoms with E-state index in [1.807, 2.05) is 19.2 Å². The quantitative estimate of drug-likeness (QED) is 0.824. The molecule has 0 saturated carbocycles. The van der Waals surface area contributed by atoms with E-state index in [9.17, 15) is 0 Å². The van der Waals surface area contributed by atoms with Crippen LogP contribution in [0.3, 0.4) is 0 Å². The molecule has 1 heterocycles. The van der Waals surface area contributed by atoms with Crippen LogP contribution in [0.2, 0.25) is 0 Å². The average molecular weight is 216 g/mol. The van der Waals surface area contributed by atoms with Gasteiger partial charge in [-0.2, -0.15) is 5.10 Å². The molecule has 0 atom stereocenters. The molecule has 0 aliphatic rings. The van der Waals surface area contributed by atoms with Gasteiger partial charge in [0.25, 0.3) is 0 Å². The van der Waals surface area contributed by atoms with Crippen molar-refractivity contribution in [2.45, 2.75) is 19.8 Å². The highest BCUT2D eigenvalue weighted by Crippen LogP contribution is 2.21. The standard InChI is InChI=1S/C13H16N2O/c1-10-9-14-15-13(10)12-6-2-4-11(8-12)5-3-7-16/h2,4,6,8-9,16H,3,5,7H2,1H3,(H,14,15). The number of rotatable bonds is 4. The van der Waals surface area contributed by atoms with Gasteiger partial charge in [-0.15, -0.1) is 0 Å². The topological polar surface area (TPSA) is 48.9 Å². The van der Waals surface area contributed by atoms with Crippen LogP contribution < -0.4 is 0 Å². The van der Waals surface area contributed by atoms with E-state index in [1.54, 1.807) is 0 Å². The molecule has 3 nitrogen and oxygen atoms in total. The summed E-state index contributed by atoms with van der Waals surface area (Å²) in [6, 6.07) is 8.35. The molecule has 0 spiro atoms. The highest BCUT2D eigenvalue weighted by atomic mass is 16.2. The minimum Gasteiger partial charge on any atom is -0.396 e. The molecule has 0 fully saturated rings. The summed E-state index contributed by atoms with van der Waals surface area (Å²) in [4.78, 5) is 0. The van der Waals surface area contributed by atoms with Gasteiger partial charge in [0.1, 0.15) is 0 Å². The maximum atomic E-state index is 8.81. The highest BCUT2D eigenvalue weighted by Gasteiger charge is 2.04. The summed E-state index contributed by atoms with van der Waals surface area (Å²) in [5, 5.41) is 15.8. The van der Waals surface area contributed by atoms with E-state index in [4.69, 9.17) is 5.11 Å². The van der Waals surface area contributed by atoms with Crippen molar-refractivity contribution in [1.29, 1.82) is 0 Å². The Morgan fingerprint density at radius 2 is 2.25 bits per heavy atom. The molecule has 3 heteroatoms. The minimum absolute atomic E-state index is 0.243. The van der Waals surface area contributed by atoms with Crippen molar-refractivity contribution >= 4 is 0 Å². The SMILES string of the molecule is Cc1cn[nH]c1-c1cccc(CCCO)c1. The van der Waals surface area contributed by atoms with Gasteiger partial charge in [0.2, 0.25) is 0 Å². The molecule has 2 N–H and O–H groups in total. The summed E-state index contributed by atoms with van der Waals surface area (Å²) in [6.07, 6.45) is 3.55.